The summed E-state index contributed by atoms with van der Waals surface area (Å²) in [6.45, 7) is 11.7. The molecule has 1 aliphatic heterocycles. The van der Waals surface area contributed by atoms with Gasteiger partial charge in [0.25, 0.3) is 0 Å². The lowest BCUT2D eigenvalue weighted by atomic mass is 10.0. The molecule has 20 heavy (non-hydrogen) atoms. The van der Waals surface area contributed by atoms with Crippen LogP contribution >= 0.6 is 12.2 Å². The smallest absolute Gasteiger partial charge is 0.0928 e. The third-order valence-electron chi connectivity index (χ3n) is 3.96. The van der Waals surface area contributed by atoms with E-state index in [2.05, 4.69) is 23.6 Å². The highest BCUT2D eigenvalue weighted by Crippen LogP contribution is 2.17. The van der Waals surface area contributed by atoms with Crippen LogP contribution in [0.15, 0.2) is 0 Å². The maximum absolute atomic E-state index is 5.82. The largest absolute Gasteiger partial charge is 0.392 e. The number of hydrogen-bond acceptors (Lipinski definition) is 5. The van der Waals surface area contributed by atoms with E-state index in [1.807, 2.05) is 0 Å². The second kappa shape index (κ2) is 8.89. The van der Waals surface area contributed by atoms with Gasteiger partial charge < -0.3 is 20.1 Å². The van der Waals surface area contributed by atoms with Crippen LogP contribution in [0.25, 0.3) is 0 Å². The maximum atomic E-state index is 5.82. The SMILES string of the molecule is COCCOCCCN1CCN(C(C)(C)C(N)=S)CC1. The monoisotopic (exact) mass is 303 g/mol. The fourth-order valence-electron chi connectivity index (χ4n) is 2.32. The average Bonchev–Trinajstić information content (AvgIpc) is 2.43. The van der Waals surface area contributed by atoms with Crippen LogP contribution in [0.4, 0.5) is 0 Å². The van der Waals surface area contributed by atoms with E-state index in [-0.39, 0.29) is 5.54 Å². The summed E-state index contributed by atoms with van der Waals surface area (Å²) < 4.78 is 10.4. The molecular weight excluding hydrogens is 274 g/mol. The van der Waals surface area contributed by atoms with Crippen LogP contribution in [0.5, 0.6) is 0 Å². The molecule has 0 radical (unpaired) electrons. The molecule has 0 unspecified atom stereocenters. The van der Waals surface area contributed by atoms with Crippen LogP contribution in [0, 0.1) is 0 Å². The summed E-state index contributed by atoms with van der Waals surface area (Å²) >= 11 is 5.16. The van der Waals surface area contributed by atoms with Crippen LogP contribution in [0.3, 0.4) is 0 Å². The predicted octanol–water partition coefficient (Wildman–Crippen LogP) is 0.722. The lowest BCUT2D eigenvalue weighted by Crippen LogP contribution is -2.59. The summed E-state index contributed by atoms with van der Waals surface area (Å²) in [7, 11) is 1.69. The Morgan fingerprint density at radius 3 is 2.35 bits per heavy atom. The Labute approximate surface area is 128 Å². The topological polar surface area (TPSA) is 51.0 Å². The number of ether oxygens (including phenoxy) is 2. The van der Waals surface area contributed by atoms with Crippen LogP contribution in [0.2, 0.25) is 0 Å². The standard InChI is InChI=1S/C14H29N3O2S/c1-14(2,13(15)20)17-8-6-16(7-9-17)5-4-10-19-12-11-18-3/h4-12H2,1-3H3,(H2,15,20). The summed E-state index contributed by atoms with van der Waals surface area (Å²) in [5, 5.41) is 0. The van der Waals surface area contributed by atoms with Gasteiger partial charge in [0, 0.05) is 46.4 Å². The van der Waals surface area contributed by atoms with E-state index >= 15 is 0 Å². The summed E-state index contributed by atoms with van der Waals surface area (Å²) in [5.41, 5.74) is 5.65. The molecule has 1 heterocycles. The van der Waals surface area contributed by atoms with Gasteiger partial charge in [-0.25, -0.2) is 0 Å². The number of nitrogens with two attached hydrogens (primary N) is 1. The first-order valence-electron chi connectivity index (χ1n) is 7.32. The molecule has 2 N–H and O–H groups in total. The summed E-state index contributed by atoms with van der Waals surface area (Å²) in [6, 6.07) is 0. The zero-order valence-corrected chi connectivity index (χ0v) is 13.9. The minimum atomic E-state index is -0.176. The van der Waals surface area contributed by atoms with E-state index in [1.54, 1.807) is 7.11 Å². The van der Waals surface area contributed by atoms with Crippen LogP contribution in [0.1, 0.15) is 20.3 Å². The maximum Gasteiger partial charge on any atom is 0.0928 e. The normalized spacial score (nSPS) is 18.4. The van der Waals surface area contributed by atoms with Gasteiger partial charge in [-0.3, -0.25) is 4.90 Å². The first-order valence-corrected chi connectivity index (χ1v) is 7.73. The highest BCUT2D eigenvalue weighted by Gasteiger charge is 2.31. The van der Waals surface area contributed by atoms with Crippen LogP contribution < -0.4 is 5.73 Å². The molecule has 0 aromatic carbocycles. The molecule has 0 aromatic heterocycles. The molecule has 6 heteroatoms. The molecule has 0 aromatic rings. The van der Waals surface area contributed by atoms with E-state index in [4.69, 9.17) is 27.4 Å². The van der Waals surface area contributed by atoms with Gasteiger partial charge in [0.2, 0.25) is 0 Å². The summed E-state index contributed by atoms with van der Waals surface area (Å²) in [5.74, 6) is 0. The number of methoxy groups -OCH3 is 1. The Morgan fingerprint density at radius 1 is 1.15 bits per heavy atom. The third kappa shape index (κ3) is 5.61. The fraction of sp³-hybridized carbons (Fsp3) is 0.929. The van der Waals surface area contributed by atoms with Gasteiger partial charge in [0.1, 0.15) is 0 Å². The van der Waals surface area contributed by atoms with Crippen molar-refractivity contribution in [2.45, 2.75) is 25.8 Å². The van der Waals surface area contributed by atoms with E-state index in [0.29, 0.717) is 18.2 Å². The minimum Gasteiger partial charge on any atom is -0.392 e. The molecule has 1 saturated heterocycles. The molecule has 1 fully saturated rings. The molecule has 5 nitrogen and oxygen atoms in total. The summed E-state index contributed by atoms with van der Waals surface area (Å²) in [6.07, 6.45) is 1.07. The van der Waals surface area contributed by atoms with Gasteiger partial charge in [-0.05, 0) is 20.3 Å². The van der Waals surface area contributed by atoms with Crippen molar-refractivity contribution in [3.8, 4) is 0 Å². The second-order valence-electron chi connectivity index (χ2n) is 5.71. The van der Waals surface area contributed by atoms with Crippen molar-refractivity contribution in [3.63, 3.8) is 0 Å². The molecule has 0 atom stereocenters. The number of nitrogens with zero attached hydrogens (tertiary/aromatic N) is 2. The zero-order valence-electron chi connectivity index (χ0n) is 13.1. The lowest BCUT2D eigenvalue weighted by molar-refractivity contribution is 0.0545. The molecule has 0 amide bonds. The van der Waals surface area contributed by atoms with Gasteiger partial charge >= 0.3 is 0 Å². The molecule has 0 spiro atoms. The number of piperazine rings is 1. The highest BCUT2D eigenvalue weighted by molar-refractivity contribution is 7.80. The first-order chi connectivity index (χ1) is 9.48. The molecular formula is C14H29N3O2S. The van der Waals surface area contributed by atoms with Crippen molar-refractivity contribution in [2.75, 3.05) is 59.7 Å². The number of hydrogen-bond donors (Lipinski definition) is 1. The molecule has 1 rings (SSSR count). The molecule has 0 aliphatic carbocycles. The van der Waals surface area contributed by atoms with Crippen molar-refractivity contribution < 1.29 is 9.47 Å². The van der Waals surface area contributed by atoms with Crippen LogP contribution in [-0.4, -0.2) is 80.0 Å². The van der Waals surface area contributed by atoms with Crippen molar-refractivity contribution in [2.24, 2.45) is 5.73 Å². The lowest BCUT2D eigenvalue weighted by Gasteiger charge is -2.43. The van der Waals surface area contributed by atoms with Crippen molar-refractivity contribution >= 4 is 17.2 Å². The molecule has 118 valence electrons. The van der Waals surface area contributed by atoms with Gasteiger partial charge in [-0.1, -0.05) is 12.2 Å². The summed E-state index contributed by atoms with van der Waals surface area (Å²) in [4.78, 5) is 5.43. The quantitative estimate of drug-likeness (QED) is 0.500. The third-order valence-corrected chi connectivity index (χ3v) is 4.46. The van der Waals surface area contributed by atoms with Crippen LogP contribution in [-0.2, 0) is 9.47 Å². The Bertz CT molecular complexity index is 292. The molecule has 0 bridgehead atoms. The molecule has 0 saturated carbocycles. The van der Waals surface area contributed by atoms with Crippen molar-refractivity contribution in [1.29, 1.82) is 0 Å². The Balaban J connectivity index is 2.15. The van der Waals surface area contributed by atoms with Gasteiger partial charge in [-0.15, -0.1) is 0 Å². The second-order valence-corrected chi connectivity index (χ2v) is 6.15. The minimum absolute atomic E-state index is 0.176. The van der Waals surface area contributed by atoms with E-state index in [0.717, 1.165) is 45.8 Å². The van der Waals surface area contributed by atoms with Crippen molar-refractivity contribution in [1.82, 2.24) is 9.80 Å². The van der Waals surface area contributed by atoms with Gasteiger partial charge in [0.05, 0.1) is 23.7 Å². The van der Waals surface area contributed by atoms with E-state index in [9.17, 15) is 0 Å². The predicted molar refractivity (Wildman–Crippen MR) is 86.2 cm³/mol. The Hall–Kier alpha value is -0.270. The Morgan fingerprint density at radius 2 is 1.80 bits per heavy atom. The molecule has 1 aliphatic rings. The van der Waals surface area contributed by atoms with E-state index in [1.165, 1.54) is 0 Å². The van der Waals surface area contributed by atoms with Gasteiger partial charge in [0.15, 0.2) is 0 Å². The van der Waals surface area contributed by atoms with Crippen molar-refractivity contribution in [3.05, 3.63) is 0 Å². The zero-order chi connectivity index (χ0) is 15.0. The fourth-order valence-corrected chi connectivity index (χ4v) is 2.45. The highest BCUT2D eigenvalue weighted by atomic mass is 32.1. The number of thiocarbonyl (C=S) groups is 1. The number of rotatable bonds is 9. The average molecular weight is 303 g/mol. The van der Waals surface area contributed by atoms with Gasteiger partial charge in [-0.2, -0.15) is 0 Å². The van der Waals surface area contributed by atoms with E-state index < -0.39 is 0 Å². The first kappa shape index (κ1) is 17.8. The Kier molecular flexibility index (Phi) is 7.91.